The van der Waals surface area contributed by atoms with Crippen LogP contribution in [0, 0.1) is 0 Å². The first-order valence-corrected chi connectivity index (χ1v) is 8.61. The lowest BCUT2D eigenvalue weighted by molar-refractivity contribution is -0.125. The summed E-state index contributed by atoms with van der Waals surface area (Å²) in [6, 6.07) is 3.86. The molecule has 1 fully saturated rings. The molecule has 1 saturated heterocycles. The Hall–Kier alpha value is -3.07. The summed E-state index contributed by atoms with van der Waals surface area (Å²) in [5.41, 5.74) is 2.20. The molecule has 1 atom stereocenters. The first kappa shape index (κ1) is 18.7. The van der Waals surface area contributed by atoms with E-state index in [1.807, 2.05) is 0 Å². The normalized spacial score (nSPS) is 19.6. The molecule has 27 heavy (non-hydrogen) atoms. The quantitative estimate of drug-likeness (QED) is 0.540. The molecule has 2 aromatic heterocycles. The Bertz CT molecular complexity index is 932. The molecule has 2 aromatic rings. The van der Waals surface area contributed by atoms with E-state index in [4.69, 9.17) is 4.42 Å². The molecule has 9 heteroatoms. The number of aromatic nitrogens is 1. The predicted molar refractivity (Wildman–Crippen MR) is 102 cm³/mol. The third-order valence-electron chi connectivity index (χ3n) is 4.18. The monoisotopic (exact) mass is 386 g/mol. The summed E-state index contributed by atoms with van der Waals surface area (Å²) in [6.07, 6.45) is 4.20. The number of likely N-dealkylation sites (N-methyl/N-ethyl adjacent to an activating group) is 1. The van der Waals surface area contributed by atoms with Crippen LogP contribution in [0.5, 0.6) is 0 Å². The molecule has 8 nitrogen and oxygen atoms in total. The maximum absolute atomic E-state index is 11.4. The molecule has 2 aliphatic heterocycles. The van der Waals surface area contributed by atoms with Gasteiger partial charge in [-0.3, -0.25) is 19.9 Å². The van der Waals surface area contributed by atoms with Gasteiger partial charge in [-0.25, -0.2) is 4.79 Å². The topological polar surface area (TPSA) is 105 Å². The maximum atomic E-state index is 11.4. The molecule has 0 spiro atoms. The van der Waals surface area contributed by atoms with Crippen molar-refractivity contribution in [3.63, 3.8) is 0 Å². The standard InChI is InChI=1S/C10H7N3O3.C8H11NOS/c14-9-8(12-10(15)13-9)7-4-5-6(16-7)2-1-3-11-5;1-3-6-4-5-9(2)8(10)7(6)11/h1-4,8H,(H2,12,13,14,15);3,11H,1,4-5H2,2H3. The Morgan fingerprint density at radius 2 is 2.19 bits per heavy atom. The minimum Gasteiger partial charge on any atom is -0.457 e. The Kier molecular flexibility index (Phi) is 5.31. The first-order valence-electron chi connectivity index (χ1n) is 8.16. The molecule has 4 rings (SSSR count). The second kappa shape index (κ2) is 7.67. The number of furan rings is 1. The zero-order chi connectivity index (χ0) is 19.6. The molecule has 0 bridgehead atoms. The van der Waals surface area contributed by atoms with E-state index in [-0.39, 0.29) is 5.91 Å². The summed E-state index contributed by atoms with van der Waals surface area (Å²) in [5, 5.41) is 4.60. The number of hydrogen-bond donors (Lipinski definition) is 3. The van der Waals surface area contributed by atoms with Crippen molar-refractivity contribution in [2.45, 2.75) is 12.5 Å². The van der Waals surface area contributed by atoms with E-state index in [9.17, 15) is 14.4 Å². The number of pyridine rings is 1. The number of fused-ring (bicyclic) bond motifs is 1. The van der Waals surface area contributed by atoms with Gasteiger partial charge in [-0.05, 0) is 24.1 Å². The summed E-state index contributed by atoms with van der Waals surface area (Å²) < 4.78 is 5.43. The molecule has 0 aromatic carbocycles. The SMILES string of the molecule is C=CC1=C(S)C(=O)N(C)CC1.O=C1NC(=O)C(c2cc3ncccc3o2)N1. The van der Waals surface area contributed by atoms with Crippen molar-refractivity contribution >= 4 is 41.6 Å². The van der Waals surface area contributed by atoms with Gasteiger partial charge in [-0.15, -0.1) is 12.6 Å². The number of thiol groups is 1. The maximum Gasteiger partial charge on any atom is 0.322 e. The lowest BCUT2D eigenvalue weighted by atomic mass is 10.1. The summed E-state index contributed by atoms with van der Waals surface area (Å²) in [7, 11) is 1.78. The van der Waals surface area contributed by atoms with Crippen molar-refractivity contribution in [2.75, 3.05) is 13.6 Å². The molecule has 2 aliphatic rings. The van der Waals surface area contributed by atoms with Crippen LogP contribution in [0.3, 0.4) is 0 Å². The molecular weight excluding hydrogens is 368 g/mol. The van der Waals surface area contributed by atoms with Gasteiger partial charge >= 0.3 is 6.03 Å². The Morgan fingerprint density at radius 3 is 2.81 bits per heavy atom. The van der Waals surface area contributed by atoms with Crippen molar-refractivity contribution in [1.29, 1.82) is 0 Å². The van der Waals surface area contributed by atoms with Gasteiger partial charge in [0.1, 0.15) is 11.3 Å². The van der Waals surface area contributed by atoms with Gasteiger partial charge in [-0.2, -0.15) is 0 Å². The highest BCUT2D eigenvalue weighted by Gasteiger charge is 2.33. The van der Waals surface area contributed by atoms with Crippen LogP contribution in [-0.2, 0) is 9.59 Å². The number of urea groups is 1. The number of nitrogens with zero attached hydrogens (tertiary/aromatic N) is 2. The van der Waals surface area contributed by atoms with Crippen LogP contribution in [0.1, 0.15) is 18.2 Å². The molecular formula is C18H18N4O4S. The summed E-state index contributed by atoms with van der Waals surface area (Å²) in [6.45, 7) is 4.38. The molecule has 4 heterocycles. The number of carbonyl (C=O) groups excluding carboxylic acids is 3. The number of imide groups is 1. The molecule has 4 amide bonds. The van der Waals surface area contributed by atoms with Gasteiger partial charge < -0.3 is 14.6 Å². The van der Waals surface area contributed by atoms with Crippen LogP contribution in [0.15, 0.2) is 51.9 Å². The van der Waals surface area contributed by atoms with Crippen molar-refractivity contribution in [3.05, 3.63) is 53.3 Å². The number of carbonyl (C=O) groups is 3. The van der Waals surface area contributed by atoms with Crippen molar-refractivity contribution < 1.29 is 18.8 Å². The highest BCUT2D eigenvalue weighted by Crippen LogP contribution is 2.24. The van der Waals surface area contributed by atoms with Crippen LogP contribution < -0.4 is 10.6 Å². The zero-order valence-corrected chi connectivity index (χ0v) is 15.5. The minimum absolute atomic E-state index is 0.00511. The summed E-state index contributed by atoms with van der Waals surface area (Å²) in [4.78, 5) is 39.9. The molecule has 140 valence electrons. The van der Waals surface area contributed by atoms with Crippen LogP contribution in [0.2, 0.25) is 0 Å². The highest BCUT2D eigenvalue weighted by atomic mass is 32.1. The van der Waals surface area contributed by atoms with E-state index < -0.39 is 18.0 Å². The van der Waals surface area contributed by atoms with Gasteiger partial charge in [-0.1, -0.05) is 12.7 Å². The number of nitrogens with one attached hydrogen (secondary N) is 2. The number of allylic oxidation sites excluding steroid dienone is 1. The second-order valence-electron chi connectivity index (χ2n) is 5.99. The fourth-order valence-electron chi connectivity index (χ4n) is 2.67. The number of hydrogen-bond acceptors (Lipinski definition) is 6. The fraction of sp³-hybridized carbons (Fsp3) is 0.222. The second-order valence-corrected chi connectivity index (χ2v) is 6.43. The molecule has 2 N–H and O–H groups in total. The Labute approximate surface area is 160 Å². The van der Waals surface area contributed by atoms with E-state index in [0.29, 0.717) is 21.8 Å². The van der Waals surface area contributed by atoms with Gasteiger partial charge in [0.05, 0.1) is 4.91 Å². The average molecular weight is 386 g/mol. The molecule has 0 saturated carbocycles. The van der Waals surface area contributed by atoms with Crippen LogP contribution in [-0.4, -0.2) is 41.3 Å². The Balaban J connectivity index is 0.000000168. The van der Waals surface area contributed by atoms with Crippen molar-refractivity contribution in [2.24, 2.45) is 0 Å². The number of rotatable bonds is 2. The van der Waals surface area contributed by atoms with E-state index in [1.165, 1.54) is 0 Å². The molecule has 1 unspecified atom stereocenters. The third-order valence-corrected chi connectivity index (χ3v) is 4.66. The van der Waals surface area contributed by atoms with E-state index >= 15 is 0 Å². The number of amides is 4. The lowest BCUT2D eigenvalue weighted by Gasteiger charge is -2.23. The van der Waals surface area contributed by atoms with Gasteiger partial charge in [0.15, 0.2) is 11.6 Å². The van der Waals surface area contributed by atoms with Gasteiger partial charge in [0, 0.05) is 25.9 Å². The van der Waals surface area contributed by atoms with Crippen LogP contribution in [0.25, 0.3) is 11.1 Å². The van der Waals surface area contributed by atoms with E-state index in [2.05, 4.69) is 34.8 Å². The smallest absolute Gasteiger partial charge is 0.322 e. The zero-order valence-electron chi connectivity index (χ0n) is 14.6. The lowest BCUT2D eigenvalue weighted by Crippen LogP contribution is -2.32. The molecule has 0 radical (unpaired) electrons. The van der Waals surface area contributed by atoms with E-state index in [1.54, 1.807) is 42.4 Å². The van der Waals surface area contributed by atoms with Crippen molar-refractivity contribution in [3.8, 4) is 0 Å². The highest BCUT2D eigenvalue weighted by molar-refractivity contribution is 7.85. The summed E-state index contributed by atoms with van der Waals surface area (Å²) >= 11 is 4.11. The Morgan fingerprint density at radius 1 is 1.41 bits per heavy atom. The van der Waals surface area contributed by atoms with Crippen LogP contribution >= 0.6 is 12.6 Å². The van der Waals surface area contributed by atoms with Crippen LogP contribution in [0.4, 0.5) is 4.79 Å². The van der Waals surface area contributed by atoms with Gasteiger partial charge in [0.2, 0.25) is 0 Å². The third kappa shape index (κ3) is 3.87. The first-order chi connectivity index (χ1) is 12.9. The minimum atomic E-state index is -0.762. The largest absolute Gasteiger partial charge is 0.457 e. The van der Waals surface area contributed by atoms with Crippen molar-refractivity contribution in [1.82, 2.24) is 20.5 Å². The average Bonchev–Trinajstić information content (AvgIpc) is 3.22. The fourth-order valence-corrected chi connectivity index (χ4v) is 3.05. The predicted octanol–water partition coefficient (Wildman–Crippen LogP) is 1.93. The summed E-state index contributed by atoms with van der Waals surface area (Å²) in [5.74, 6) is -0.0319. The van der Waals surface area contributed by atoms with E-state index in [0.717, 1.165) is 18.5 Å². The molecule has 0 aliphatic carbocycles. The van der Waals surface area contributed by atoms with Gasteiger partial charge in [0.25, 0.3) is 11.8 Å².